The van der Waals surface area contributed by atoms with Crippen molar-refractivity contribution in [2.75, 3.05) is 6.61 Å². The molecule has 0 aromatic rings. The summed E-state index contributed by atoms with van der Waals surface area (Å²) in [5.74, 6) is -0.420. The molecule has 66 valence electrons. The van der Waals surface area contributed by atoms with Gasteiger partial charge in [0.15, 0.2) is 0 Å². The first-order valence-corrected chi connectivity index (χ1v) is 4.58. The number of hydrogen-bond acceptors (Lipinski definition) is 3. The number of esters is 1. The van der Waals surface area contributed by atoms with Crippen LogP contribution in [0.2, 0.25) is 0 Å². The van der Waals surface area contributed by atoms with Crippen molar-refractivity contribution in [3.63, 3.8) is 0 Å². The molecular formula is C7H8INO3. The Labute approximate surface area is 83.5 Å². The first kappa shape index (κ1) is 9.50. The number of amides is 1. The van der Waals surface area contributed by atoms with E-state index in [4.69, 9.17) is 4.74 Å². The van der Waals surface area contributed by atoms with Gasteiger partial charge in [0.2, 0.25) is 5.91 Å². The van der Waals surface area contributed by atoms with Crippen LogP contribution in [0.4, 0.5) is 0 Å². The van der Waals surface area contributed by atoms with E-state index in [-0.39, 0.29) is 11.9 Å². The maximum Gasteiger partial charge on any atom is 0.346 e. The molecule has 1 fully saturated rings. The van der Waals surface area contributed by atoms with Crippen LogP contribution in [-0.2, 0) is 14.3 Å². The van der Waals surface area contributed by atoms with E-state index in [9.17, 15) is 9.59 Å². The fraction of sp³-hybridized carbons (Fsp3) is 0.429. The lowest BCUT2D eigenvalue weighted by atomic mass is 10.2. The highest BCUT2D eigenvalue weighted by Gasteiger charge is 2.24. The number of β-lactam (4-membered cyclic amide) rings is 1. The number of ether oxygens (including phenoxy) is 1. The average Bonchev–Trinajstić information content (AvgIpc) is 1.98. The highest BCUT2D eigenvalue weighted by atomic mass is 127. The maximum atomic E-state index is 11.0. The molecule has 1 saturated heterocycles. The number of nitrogens with one attached hydrogen (secondary N) is 1. The predicted molar refractivity (Wildman–Crippen MR) is 50.4 cm³/mol. The van der Waals surface area contributed by atoms with Crippen LogP contribution in [0.3, 0.4) is 0 Å². The molecule has 0 aliphatic carbocycles. The molecule has 12 heavy (non-hydrogen) atoms. The molecule has 0 aromatic carbocycles. The molecule has 0 radical (unpaired) electrons. The third-order valence-electron chi connectivity index (χ3n) is 1.35. The van der Waals surface area contributed by atoms with Gasteiger partial charge in [-0.05, 0) is 29.5 Å². The van der Waals surface area contributed by atoms with Crippen molar-refractivity contribution in [2.24, 2.45) is 0 Å². The molecule has 4 nitrogen and oxygen atoms in total. The summed E-state index contributed by atoms with van der Waals surface area (Å²) in [4.78, 5) is 21.5. The molecule has 1 heterocycles. The van der Waals surface area contributed by atoms with Crippen molar-refractivity contribution < 1.29 is 14.3 Å². The Hall–Kier alpha value is -0.590. The zero-order chi connectivity index (χ0) is 9.14. The van der Waals surface area contributed by atoms with Gasteiger partial charge >= 0.3 is 5.97 Å². The Balaban J connectivity index is 2.57. The van der Waals surface area contributed by atoms with Gasteiger partial charge in [0, 0.05) is 5.70 Å². The van der Waals surface area contributed by atoms with Crippen molar-refractivity contribution >= 4 is 34.5 Å². The topological polar surface area (TPSA) is 55.4 Å². The summed E-state index contributed by atoms with van der Waals surface area (Å²) in [6, 6.07) is 0. The second-order valence-electron chi connectivity index (χ2n) is 2.24. The van der Waals surface area contributed by atoms with Gasteiger partial charge in [-0.15, -0.1) is 0 Å². The second kappa shape index (κ2) is 3.88. The fourth-order valence-corrected chi connectivity index (χ4v) is 1.24. The van der Waals surface area contributed by atoms with Gasteiger partial charge in [-0.1, -0.05) is 0 Å². The van der Waals surface area contributed by atoms with Crippen molar-refractivity contribution in [1.82, 2.24) is 5.32 Å². The SMILES string of the molecule is CCOC(=O)/C(I)=C1\CC(=O)N1. The number of halogens is 1. The number of carbonyl (C=O) groups is 2. The van der Waals surface area contributed by atoms with Crippen LogP contribution >= 0.6 is 22.6 Å². The highest BCUT2D eigenvalue weighted by molar-refractivity contribution is 14.1. The zero-order valence-corrected chi connectivity index (χ0v) is 8.67. The Morgan fingerprint density at radius 1 is 1.75 bits per heavy atom. The standard InChI is InChI=1S/C7H8INO3/c1-2-12-7(11)6(8)4-3-5(10)9-4/h2-3H2,1H3,(H,9,10)/b6-4-. The van der Waals surface area contributed by atoms with E-state index in [2.05, 4.69) is 5.32 Å². The van der Waals surface area contributed by atoms with Crippen LogP contribution in [0.1, 0.15) is 13.3 Å². The van der Waals surface area contributed by atoms with E-state index in [1.54, 1.807) is 6.92 Å². The van der Waals surface area contributed by atoms with E-state index in [0.717, 1.165) is 0 Å². The monoisotopic (exact) mass is 281 g/mol. The molecule has 0 unspecified atom stereocenters. The smallest absolute Gasteiger partial charge is 0.346 e. The molecule has 0 spiro atoms. The summed E-state index contributed by atoms with van der Waals surface area (Å²) in [6.07, 6.45) is 0.317. The normalized spacial score (nSPS) is 19.3. The van der Waals surface area contributed by atoms with Gasteiger partial charge in [0.1, 0.15) is 3.58 Å². The Morgan fingerprint density at radius 2 is 2.33 bits per heavy atom. The molecule has 0 saturated carbocycles. The molecule has 0 bridgehead atoms. The molecule has 1 aliphatic rings. The number of carbonyl (C=O) groups excluding carboxylic acids is 2. The molecule has 0 atom stereocenters. The van der Waals surface area contributed by atoms with Crippen LogP contribution in [0.15, 0.2) is 9.28 Å². The van der Waals surface area contributed by atoms with Gasteiger partial charge in [-0.2, -0.15) is 0 Å². The first-order chi connectivity index (χ1) is 5.65. The molecule has 0 aromatic heterocycles. The van der Waals surface area contributed by atoms with E-state index in [1.807, 2.05) is 22.6 Å². The summed E-state index contributed by atoms with van der Waals surface area (Å²) in [5, 5.41) is 2.51. The lowest BCUT2D eigenvalue weighted by Gasteiger charge is -2.19. The van der Waals surface area contributed by atoms with E-state index in [0.29, 0.717) is 22.3 Å². The summed E-state index contributed by atoms with van der Waals surface area (Å²) < 4.78 is 5.21. The third kappa shape index (κ3) is 1.96. The summed E-state index contributed by atoms with van der Waals surface area (Å²) >= 11 is 1.87. The van der Waals surface area contributed by atoms with Crippen LogP contribution in [0, 0.1) is 0 Å². The molecule has 1 rings (SSSR count). The fourth-order valence-electron chi connectivity index (χ4n) is 0.761. The largest absolute Gasteiger partial charge is 0.462 e. The van der Waals surface area contributed by atoms with Gasteiger partial charge in [-0.3, -0.25) is 4.79 Å². The molecule has 5 heteroatoms. The summed E-state index contributed by atoms with van der Waals surface area (Å²) in [5.41, 5.74) is 0.666. The molecular weight excluding hydrogens is 273 g/mol. The van der Waals surface area contributed by atoms with Crippen molar-refractivity contribution in [3.05, 3.63) is 9.28 Å². The van der Waals surface area contributed by atoms with Crippen LogP contribution in [-0.4, -0.2) is 18.5 Å². The summed E-state index contributed by atoms with van der Waals surface area (Å²) in [7, 11) is 0. The quantitative estimate of drug-likeness (QED) is 0.351. The highest BCUT2D eigenvalue weighted by Crippen LogP contribution is 2.20. The Bertz CT molecular complexity index is 249. The number of hydrogen-bond donors (Lipinski definition) is 1. The average molecular weight is 281 g/mol. The lowest BCUT2D eigenvalue weighted by Crippen LogP contribution is -2.36. The van der Waals surface area contributed by atoms with Crippen LogP contribution < -0.4 is 5.32 Å². The second-order valence-corrected chi connectivity index (χ2v) is 3.32. The van der Waals surface area contributed by atoms with E-state index in [1.165, 1.54) is 0 Å². The summed E-state index contributed by atoms with van der Waals surface area (Å²) in [6.45, 7) is 2.10. The maximum absolute atomic E-state index is 11.0. The van der Waals surface area contributed by atoms with Gasteiger partial charge in [0.25, 0.3) is 0 Å². The zero-order valence-electron chi connectivity index (χ0n) is 6.52. The molecule has 1 aliphatic heterocycles. The van der Waals surface area contributed by atoms with Gasteiger partial charge in [0.05, 0.1) is 13.0 Å². The van der Waals surface area contributed by atoms with Crippen molar-refractivity contribution in [1.29, 1.82) is 0 Å². The van der Waals surface area contributed by atoms with Crippen LogP contribution in [0.5, 0.6) is 0 Å². The van der Waals surface area contributed by atoms with Gasteiger partial charge in [-0.25, -0.2) is 4.79 Å². The van der Waals surface area contributed by atoms with Crippen molar-refractivity contribution in [3.8, 4) is 0 Å². The minimum Gasteiger partial charge on any atom is -0.462 e. The Kier molecular flexibility index (Phi) is 3.07. The van der Waals surface area contributed by atoms with Crippen molar-refractivity contribution in [2.45, 2.75) is 13.3 Å². The number of rotatable bonds is 2. The molecule has 1 N–H and O–H groups in total. The minimum absolute atomic E-state index is 0.0523. The Morgan fingerprint density at radius 3 is 2.75 bits per heavy atom. The third-order valence-corrected chi connectivity index (χ3v) is 2.44. The van der Waals surface area contributed by atoms with Gasteiger partial charge < -0.3 is 10.1 Å². The minimum atomic E-state index is -0.367. The predicted octanol–water partition coefficient (Wildman–Crippen LogP) is 0.716. The van der Waals surface area contributed by atoms with E-state index >= 15 is 0 Å². The lowest BCUT2D eigenvalue weighted by molar-refractivity contribution is -0.137. The van der Waals surface area contributed by atoms with Crippen LogP contribution in [0.25, 0.3) is 0 Å². The first-order valence-electron chi connectivity index (χ1n) is 3.50. The molecule has 1 amide bonds. The van der Waals surface area contributed by atoms with E-state index < -0.39 is 0 Å².